The van der Waals surface area contributed by atoms with Crippen LogP contribution in [0.25, 0.3) is 0 Å². The normalized spacial score (nSPS) is 14.5. The van der Waals surface area contributed by atoms with Crippen molar-refractivity contribution in [1.82, 2.24) is 0 Å². The van der Waals surface area contributed by atoms with Gasteiger partial charge in [0.1, 0.15) is 6.29 Å². The fourth-order valence-corrected chi connectivity index (χ4v) is 1.83. The van der Waals surface area contributed by atoms with E-state index >= 15 is 0 Å². The lowest BCUT2D eigenvalue weighted by Gasteiger charge is -2.13. The molecule has 0 spiro atoms. The summed E-state index contributed by atoms with van der Waals surface area (Å²) in [6.45, 7) is 4.14. The van der Waals surface area contributed by atoms with Crippen molar-refractivity contribution in [1.29, 1.82) is 0 Å². The van der Waals surface area contributed by atoms with Gasteiger partial charge in [-0.1, -0.05) is 26.0 Å². The molecule has 15 heavy (non-hydrogen) atoms. The molecule has 1 rings (SSSR count). The summed E-state index contributed by atoms with van der Waals surface area (Å²) in [5.41, 5.74) is 7.70. The molecule has 0 heterocycles. The predicted octanol–water partition coefficient (Wildman–Crippen LogP) is 2.67. The Labute approximate surface area is 91.5 Å². The molecule has 0 amide bonds. The molecule has 0 radical (unpaired) electrons. The molecule has 0 aliphatic heterocycles. The summed E-state index contributed by atoms with van der Waals surface area (Å²) < 4.78 is 0. The number of aldehydes is 1. The van der Waals surface area contributed by atoms with Gasteiger partial charge in [0.25, 0.3) is 0 Å². The number of nitrogens with two attached hydrogens (primary N) is 1. The van der Waals surface area contributed by atoms with Crippen LogP contribution in [0.15, 0.2) is 24.3 Å². The molecule has 2 N–H and O–H groups in total. The molecule has 0 bridgehead atoms. The Morgan fingerprint density at radius 3 is 2.40 bits per heavy atom. The zero-order valence-electron chi connectivity index (χ0n) is 9.44. The number of benzene rings is 1. The average molecular weight is 205 g/mol. The lowest BCUT2D eigenvalue weighted by atomic mass is 9.92. The van der Waals surface area contributed by atoms with Gasteiger partial charge in [0.2, 0.25) is 0 Å². The van der Waals surface area contributed by atoms with Crippen LogP contribution in [0.1, 0.15) is 25.8 Å². The summed E-state index contributed by atoms with van der Waals surface area (Å²) in [4.78, 5) is 10.5. The molecule has 0 fully saturated rings. The monoisotopic (exact) mass is 205 g/mol. The first-order valence-corrected chi connectivity index (χ1v) is 5.41. The Morgan fingerprint density at radius 1 is 1.27 bits per heavy atom. The van der Waals surface area contributed by atoms with Crippen molar-refractivity contribution in [3.05, 3.63) is 29.8 Å². The fraction of sp³-hybridized carbons (Fsp3) is 0.462. The minimum Gasteiger partial charge on any atom is -0.399 e. The summed E-state index contributed by atoms with van der Waals surface area (Å²) >= 11 is 0. The third-order valence-electron chi connectivity index (χ3n) is 2.57. The highest BCUT2D eigenvalue weighted by Crippen LogP contribution is 2.16. The molecule has 0 aliphatic carbocycles. The predicted molar refractivity (Wildman–Crippen MR) is 63.6 cm³/mol. The minimum absolute atomic E-state index is 0.161. The average Bonchev–Trinajstić information content (AvgIpc) is 2.21. The Bertz CT molecular complexity index is 305. The second-order valence-corrected chi connectivity index (χ2v) is 4.40. The van der Waals surface area contributed by atoms with Crippen molar-refractivity contribution in [3.63, 3.8) is 0 Å². The van der Waals surface area contributed by atoms with Crippen LogP contribution in [0.4, 0.5) is 5.69 Å². The van der Waals surface area contributed by atoms with Crippen LogP contribution in [0.3, 0.4) is 0 Å². The molecule has 0 aromatic heterocycles. The molecule has 0 saturated carbocycles. The highest BCUT2D eigenvalue weighted by Gasteiger charge is 2.08. The molecule has 2 nitrogen and oxygen atoms in total. The van der Waals surface area contributed by atoms with E-state index < -0.39 is 0 Å². The Morgan fingerprint density at radius 2 is 1.87 bits per heavy atom. The smallest absolute Gasteiger partial charge is 0.122 e. The number of hydrogen-bond acceptors (Lipinski definition) is 2. The molecule has 2 heteroatoms. The van der Waals surface area contributed by atoms with Crippen molar-refractivity contribution in [2.45, 2.75) is 26.7 Å². The second-order valence-electron chi connectivity index (χ2n) is 4.40. The lowest BCUT2D eigenvalue weighted by Crippen LogP contribution is -2.07. The van der Waals surface area contributed by atoms with E-state index in [1.807, 2.05) is 19.1 Å². The van der Waals surface area contributed by atoms with Crippen LogP contribution < -0.4 is 5.73 Å². The number of hydrogen-bond donors (Lipinski definition) is 1. The molecule has 82 valence electrons. The van der Waals surface area contributed by atoms with E-state index in [9.17, 15) is 4.79 Å². The Hall–Kier alpha value is -1.31. The van der Waals surface area contributed by atoms with Gasteiger partial charge in [0.15, 0.2) is 0 Å². The van der Waals surface area contributed by atoms with E-state index in [2.05, 4.69) is 19.1 Å². The van der Waals surface area contributed by atoms with Crippen molar-refractivity contribution in [3.8, 4) is 0 Å². The molecule has 1 aromatic carbocycles. The van der Waals surface area contributed by atoms with Crippen LogP contribution in [-0.4, -0.2) is 6.29 Å². The van der Waals surface area contributed by atoms with Crippen molar-refractivity contribution in [2.24, 2.45) is 11.8 Å². The third kappa shape index (κ3) is 4.15. The van der Waals surface area contributed by atoms with Crippen LogP contribution in [0, 0.1) is 11.8 Å². The molecule has 1 unspecified atom stereocenters. The van der Waals surface area contributed by atoms with E-state index in [-0.39, 0.29) is 5.92 Å². The first kappa shape index (κ1) is 11.8. The van der Waals surface area contributed by atoms with Crippen LogP contribution in [0.2, 0.25) is 0 Å². The fourth-order valence-electron chi connectivity index (χ4n) is 1.83. The molecule has 0 saturated heterocycles. The quantitative estimate of drug-likeness (QED) is 0.593. The number of rotatable bonds is 5. The maximum absolute atomic E-state index is 10.5. The van der Waals surface area contributed by atoms with E-state index in [0.29, 0.717) is 5.92 Å². The number of carbonyl (C=O) groups is 1. The number of carbonyl (C=O) groups excluding carboxylic acids is 1. The van der Waals surface area contributed by atoms with Crippen molar-refractivity contribution >= 4 is 12.0 Å². The second kappa shape index (κ2) is 5.54. The van der Waals surface area contributed by atoms with E-state index in [1.54, 1.807) is 0 Å². The molecular weight excluding hydrogens is 186 g/mol. The lowest BCUT2D eigenvalue weighted by molar-refractivity contribution is -0.111. The van der Waals surface area contributed by atoms with E-state index in [4.69, 9.17) is 5.73 Å². The number of nitrogen functional groups attached to an aromatic ring is 1. The highest BCUT2D eigenvalue weighted by molar-refractivity contribution is 5.52. The Kier molecular flexibility index (Phi) is 4.35. The maximum Gasteiger partial charge on any atom is 0.122 e. The Balaban J connectivity index is 2.47. The maximum atomic E-state index is 10.5. The van der Waals surface area contributed by atoms with Gasteiger partial charge in [-0.25, -0.2) is 0 Å². The van der Waals surface area contributed by atoms with Crippen LogP contribution in [0.5, 0.6) is 0 Å². The molecule has 0 aliphatic rings. The van der Waals surface area contributed by atoms with Gasteiger partial charge in [-0.15, -0.1) is 0 Å². The topological polar surface area (TPSA) is 43.1 Å². The largest absolute Gasteiger partial charge is 0.399 e. The van der Waals surface area contributed by atoms with Crippen molar-refractivity contribution in [2.75, 3.05) is 5.73 Å². The van der Waals surface area contributed by atoms with Gasteiger partial charge in [-0.3, -0.25) is 0 Å². The van der Waals surface area contributed by atoms with E-state index in [1.165, 1.54) is 5.56 Å². The summed E-state index contributed by atoms with van der Waals surface area (Å²) in [7, 11) is 0. The van der Waals surface area contributed by atoms with Gasteiger partial charge >= 0.3 is 0 Å². The van der Waals surface area contributed by atoms with Gasteiger partial charge in [0.05, 0.1) is 0 Å². The van der Waals surface area contributed by atoms with Gasteiger partial charge in [-0.05, 0) is 36.5 Å². The summed E-state index contributed by atoms with van der Waals surface area (Å²) in [6, 6.07) is 7.95. The third-order valence-corrected chi connectivity index (χ3v) is 2.57. The van der Waals surface area contributed by atoms with Gasteiger partial charge < -0.3 is 10.5 Å². The van der Waals surface area contributed by atoms with Gasteiger partial charge in [-0.2, -0.15) is 0 Å². The molecule has 1 aromatic rings. The zero-order chi connectivity index (χ0) is 11.3. The SMILES string of the molecule is CC(C=O)C[C@@H](C)Cc1ccc(N)cc1. The number of anilines is 1. The highest BCUT2D eigenvalue weighted by atomic mass is 16.1. The van der Waals surface area contributed by atoms with Gasteiger partial charge in [0, 0.05) is 11.6 Å². The first-order chi connectivity index (χ1) is 7.11. The molecule has 2 atom stereocenters. The van der Waals surface area contributed by atoms with E-state index in [0.717, 1.165) is 24.8 Å². The summed E-state index contributed by atoms with van der Waals surface area (Å²) in [5, 5.41) is 0. The molecular formula is C13H19NO. The first-order valence-electron chi connectivity index (χ1n) is 5.41. The minimum atomic E-state index is 0.161. The summed E-state index contributed by atoms with van der Waals surface area (Å²) in [5.74, 6) is 0.697. The standard InChI is InChI=1S/C13H19NO/c1-10(7-11(2)9-15)8-12-3-5-13(14)6-4-12/h3-6,9-11H,7-8,14H2,1-2H3/t10-,11?/m1/s1. The van der Waals surface area contributed by atoms with Crippen LogP contribution in [-0.2, 0) is 11.2 Å². The van der Waals surface area contributed by atoms with Crippen molar-refractivity contribution < 1.29 is 4.79 Å². The zero-order valence-corrected chi connectivity index (χ0v) is 9.44. The van der Waals surface area contributed by atoms with Crippen LogP contribution >= 0.6 is 0 Å². The summed E-state index contributed by atoms with van der Waals surface area (Å²) in [6.07, 6.45) is 2.99.